The Morgan fingerprint density at radius 1 is 0.958 bits per heavy atom. The van der Waals surface area contributed by atoms with Crippen LogP contribution in [0.25, 0.3) is 16.7 Å². The molecule has 0 atom stereocenters. The van der Waals surface area contributed by atoms with Crippen LogP contribution in [0.3, 0.4) is 0 Å². The Labute approximate surface area is 140 Å². The summed E-state index contributed by atoms with van der Waals surface area (Å²) in [6.45, 7) is 5.93. The number of benzene rings is 1. The van der Waals surface area contributed by atoms with Crippen LogP contribution < -0.4 is 4.90 Å². The van der Waals surface area contributed by atoms with E-state index in [2.05, 4.69) is 15.0 Å². The molecule has 0 amide bonds. The second kappa shape index (κ2) is 5.85. The molecule has 1 fully saturated rings. The second-order valence-corrected chi connectivity index (χ2v) is 6.31. The molecule has 0 N–H and O–H groups in total. The normalized spacial score (nSPS) is 15.2. The molecule has 4 rings (SSSR count). The van der Waals surface area contributed by atoms with Crippen LogP contribution in [0.2, 0.25) is 0 Å². The molecule has 0 aliphatic carbocycles. The summed E-state index contributed by atoms with van der Waals surface area (Å²) in [6, 6.07) is 6.33. The molecular formula is C18H20FN5. The molecule has 0 spiro atoms. The Hall–Kier alpha value is -2.50. The van der Waals surface area contributed by atoms with Crippen molar-refractivity contribution in [1.82, 2.24) is 19.7 Å². The minimum absolute atomic E-state index is 0.258. The van der Waals surface area contributed by atoms with Gasteiger partial charge in [-0.2, -0.15) is 5.10 Å². The van der Waals surface area contributed by atoms with Gasteiger partial charge in [0, 0.05) is 13.1 Å². The highest BCUT2D eigenvalue weighted by atomic mass is 19.1. The topological polar surface area (TPSA) is 46.8 Å². The highest BCUT2D eigenvalue weighted by molar-refractivity contribution is 5.90. The number of aromatic nitrogens is 4. The van der Waals surface area contributed by atoms with Crippen molar-refractivity contribution in [3.05, 3.63) is 41.6 Å². The molecule has 2 aromatic heterocycles. The lowest BCUT2D eigenvalue weighted by molar-refractivity contribution is 0.574. The lowest BCUT2D eigenvalue weighted by Gasteiger charge is -2.28. The fourth-order valence-corrected chi connectivity index (χ4v) is 3.36. The van der Waals surface area contributed by atoms with E-state index in [1.807, 2.05) is 13.8 Å². The summed E-state index contributed by atoms with van der Waals surface area (Å²) in [5.41, 5.74) is 2.49. The van der Waals surface area contributed by atoms with Gasteiger partial charge >= 0.3 is 0 Å². The van der Waals surface area contributed by atoms with Crippen LogP contribution in [0, 0.1) is 19.7 Å². The van der Waals surface area contributed by atoms with E-state index >= 15 is 0 Å². The number of hydrogen-bond donors (Lipinski definition) is 0. The number of fused-ring (bicyclic) bond motifs is 1. The second-order valence-electron chi connectivity index (χ2n) is 6.31. The Morgan fingerprint density at radius 2 is 1.67 bits per heavy atom. The van der Waals surface area contributed by atoms with Gasteiger partial charge in [-0.15, -0.1) is 0 Å². The summed E-state index contributed by atoms with van der Waals surface area (Å²) in [4.78, 5) is 11.7. The molecule has 0 unspecified atom stereocenters. The first-order valence-electron chi connectivity index (χ1n) is 8.38. The average Bonchev–Trinajstić information content (AvgIpc) is 2.92. The summed E-state index contributed by atoms with van der Waals surface area (Å²) >= 11 is 0. The number of hydrogen-bond acceptors (Lipinski definition) is 4. The summed E-state index contributed by atoms with van der Waals surface area (Å²) in [5, 5.41) is 5.64. The van der Waals surface area contributed by atoms with Crippen LogP contribution in [-0.4, -0.2) is 32.8 Å². The van der Waals surface area contributed by atoms with Crippen LogP contribution in [-0.2, 0) is 0 Å². The van der Waals surface area contributed by atoms with E-state index in [0.717, 1.165) is 47.1 Å². The lowest BCUT2D eigenvalue weighted by Crippen LogP contribution is -2.30. The van der Waals surface area contributed by atoms with Crippen molar-refractivity contribution in [1.29, 1.82) is 0 Å². The number of anilines is 1. The first-order valence-corrected chi connectivity index (χ1v) is 8.38. The molecule has 124 valence electrons. The molecule has 1 aliphatic heterocycles. The first kappa shape index (κ1) is 15.1. The summed E-state index contributed by atoms with van der Waals surface area (Å²) in [7, 11) is 0. The van der Waals surface area contributed by atoms with E-state index in [4.69, 9.17) is 4.98 Å². The molecule has 5 nitrogen and oxygen atoms in total. The zero-order valence-electron chi connectivity index (χ0n) is 14.0. The first-order chi connectivity index (χ1) is 11.6. The van der Waals surface area contributed by atoms with Gasteiger partial charge in [0.2, 0.25) is 0 Å². The van der Waals surface area contributed by atoms with Crippen LogP contribution in [0.15, 0.2) is 24.3 Å². The van der Waals surface area contributed by atoms with Crippen LogP contribution in [0.1, 0.15) is 30.8 Å². The third-order valence-electron chi connectivity index (χ3n) is 4.52. The SMILES string of the molecule is Cc1nc(N2CCCCC2)c2c(C)nn(-c3ccc(F)cc3)c2n1. The zero-order valence-corrected chi connectivity index (χ0v) is 14.0. The van der Waals surface area contributed by atoms with Gasteiger partial charge in [-0.05, 0) is 57.4 Å². The largest absolute Gasteiger partial charge is 0.356 e. The van der Waals surface area contributed by atoms with Crippen molar-refractivity contribution in [3.8, 4) is 5.69 Å². The quantitative estimate of drug-likeness (QED) is 0.723. The smallest absolute Gasteiger partial charge is 0.168 e. The third kappa shape index (κ3) is 2.52. The van der Waals surface area contributed by atoms with Gasteiger partial charge in [-0.1, -0.05) is 0 Å². The van der Waals surface area contributed by atoms with E-state index in [9.17, 15) is 4.39 Å². The molecule has 0 bridgehead atoms. The maximum Gasteiger partial charge on any atom is 0.168 e. The molecule has 0 saturated carbocycles. The average molecular weight is 325 g/mol. The van der Waals surface area contributed by atoms with Crippen molar-refractivity contribution >= 4 is 16.9 Å². The van der Waals surface area contributed by atoms with E-state index in [1.165, 1.54) is 31.4 Å². The Balaban J connectivity index is 1.91. The van der Waals surface area contributed by atoms with Crippen LogP contribution in [0.5, 0.6) is 0 Å². The molecule has 24 heavy (non-hydrogen) atoms. The number of rotatable bonds is 2. The predicted molar refractivity (Wildman–Crippen MR) is 92.2 cm³/mol. The fourth-order valence-electron chi connectivity index (χ4n) is 3.36. The molecule has 1 aliphatic rings. The lowest BCUT2D eigenvalue weighted by atomic mass is 10.1. The summed E-state index contributed by atoms with van der Waals surface area (Å²) in [5.74, 6) is 1.45. The summed E-state index contributed by atoms with van der Waals surface area (Å²) < 4.78 is 15.0. The number of nitrogens with zero attached hydrogens (tertiary/aromatic N) is 5. The van der Waals surface area contributed by atoms with Crippen LogP contribution >= 0.6 is 0 Å². The van der Waals surface area contributed by atoms with Gasteiger partial charge in [0.15, 0.2) is 5.65 Å². The standard InChI is InChI=1S/C18H20FN5/c1-12-16-17(23-10-4-3-5-11-23)20-13(2)21-18(16)24(22-12)15-8-6-14(19)7-9-15/h6-9H,3-5,10-11H2,1-2H3. The Morgan fingerprint density at radius 3 is 2.38 bits per heavy atom. The monoisotopic (exact) mass is 325 g/mol. The third-order valence-corrected chi connectivity index (χ3v) is 4.52. The highest BCUT2D eigenvalue weighted by Crippen LogP contribution is 2.30. The van der Waals surface area contributed by atoms with Crippen molar-refractivity contribution in [2.24, 2.45) is 0 Å². The molecule has 3 heterocycles. The number of piperidine rings is 1. The van der Waals surface area contributed by atoms with Crippen molar-refractivity contribution in [2.75, 3.05) is 18.0 Å². The molecule has 1 aromatic carbocycles. The van der Waals surface area contributed by atoms with Gasteiger partial charge in [0.1, 0.15) is 17.5 Å². The molecule has 0 radical (unpaired) electrons. The molecule has 3 aromatic rings. The van der Waals surface area contributed by atoms with Gasteiger partial charge in [-0.25, -0.2) is 19.0 Å². The maximum atomic E-state index is 13.2. The maximum absolute atomic E-state index is 13.2. The van der Waals surface area contributed by atoms with Crippen molar-refractivity contribution in [3.63, 3.8) is 0 Å². The van der Waals surface area contributed by atoms with Gasteiger partial charge < -0.3 is 4.90 Å². The predicted octanol–water partition coefficient (Wildman–Crippen LogP) is 3.56. The minimum Gasteiger partial charge on any atom is -0.356 e. The van der Waals surface area contributed by atoms with Gasteiger partial charge in [0.05, 0.1) is 16.8 Å². The van der Waals surface area contributed by atoms with E-state index in [1.54, 1.807) is 16.8 Å². The van der Waals surface area contributed by atoms with Gasteiger partial charge in [0.25, 0.3) is 0 Å². The fraction of sp³-hybridized carbons (Fsp3) is 0.389. The summed E-state index contributed by atoms with van der Waals surface area (Å²) in [6.07, 6.45) is 3.66. The van der Waals surface area contributed by atoms with Crippen molar-refractivity contribution in [2.45, 2.75) is 33.1 Å². The van der Waals surface area contributed by atoms with E-state index in [0.29, 0.717) is 0 Å². The Bertz CT molecular complexity index is 879. The molecule has 1 saturated heterocycles. The number of halogens is 1. The molecule has 6 heteroatoms. The Kier molecular flexibility index (Phi) is 3.67. The zero-order chi connectivity index (χ0) is 16.7. The van der Waals surface area contributed by atoms with E-state index < -0.39 is 0 Å². The van der Waals surface area contributed by atoms with E-state index in [-0.39, 0.29) is 5.82 Å². The van der Waals surface area contributed by atoms with Crippen molar-refractivity contribution < 1.29 is 4.39 Å². The minimum atomic E-state index is -0.258. The number of aryl methyl sites for hydroxylation is 2. The molecular weight excluding hydrogens is 305 g/mol. The van der Waals surface area contributed by atoms with Crippen LogP contribution in [0.4, 0.5) is 10.2 Å². The highest BCUT2D eigenvalue weighted by Gasteiger charge is 2.21. The van der Waals surface area contributed by atoms with Gasteiger partial charge in [-0.3, -0.25) is 0 Å².